The molecular weight excluding hydrogens is 721 g/mol. The quantitative estimate of drug-likeness (QED) is 0.238. The van der Waals surface area contributed by atoms with E-state index in [9.17, 15) is 19.5 Å². The lowest BCUT2D eigenvalue weighted by atomic mass is 9.76. The van der Waals surface area contributed by atoms with Crippen molar-refractivity contribution in [3.05, 3.63) is 81.6 Å². The molecule has 0 radical (unpaired) electrons. The third kappa shape index (κ3) is 8.14. The molecule has 0 aliphatic carbocycles. The molecule has 3 aliphatic rings. The monoisotopic (exact) mass is 767 g/mol. The van der Waals surface area contributed by atoms with E-state index in [1.165, 1.54) is 21.3 Å². The highest BCUT2D eigenvalue weighted by molar-refractivity contribution is 6.42. The molecule has 3 amide bonds. The van der Waals surface area contributed by atoms with Crippen molar-refractivity contribution in [1.82, 2.24) is 25.0 Å². The van der Waals surface area contributed by atoms with Crippen LogP contribution in [0.2, 0.25) is 10.0 Å². The van der Waals surface area contributed by atoms with Crippen LogP contribution in [-0.2, 0) is 15.7 Å². The first-order chi connectivity index (χ1) is 25.5. The Balaban J connectivity index is 1.18. The molecule has 284 valence electrons. The maximum absolute atomic E-state index is 14.0. The fourth-order valence-electron chi connectivity index (χ4n) is 8.08. The number of amides is 3. The summed E-state index contributed by atoms with van der Waals surface area (Å²) in [5, 5.41) is 13.7. The van der Waals surface area contributed by atoms with Crippen molar-refractivity contribution in [2.24, 2.45) is 5.92 Å². The minimum absolute atomic E-state index is 0.132. The Kier molecular flexibility index (Phi) is 11.9. The number of aliphatic carboxylic acids is 1. The average molecular weight is 769 g/mol. The number of likely N-dealkylation sites (tertiary alicyclic amines) is 3. The first kappa shape index (κ1) is 38.5. The number of nitrogens with one attached hydrogen (secondary N) is 1. The molecule has 1 atom stereocenters. The molecule has 3 aliphatic heterocycles. The van der Waals surface area contributed by atoms with Gasteiger partial charge in [-0.3, -0.25) is 14.6 Å². The number of ether oxygens (including phenoxy) is 3. The van der Waals surface area contributed by atoms with Crippen molar-refractivity contribution in [2.75, 3.05) is 67.1 Å². The number of urea groups is 1. The Morgan fingerprint density at radius 3 is 2.15 bits per heavy atom. The zero-order chi connectivity index (χ0) is 37.8. The van der Waals surface area contributed by atoms with Gasteiger partial charge in [-0.1, -0.05) is 35.3 Å². The van der Waals surface area contributed by atoms with E-state index in [4.69, 9.17) is 37.4 Å². The summed E-state index contributed by atoms with van der Waals surface area (Å²) in [5.74, 6) is -0.108. The summed E-state index contributed by atoms with van der Waals surface area (Å²) in [6.07, 6.45) is 5.46. The molecule has 6 rings (SSSR count). The Bertz CT molecular complexity index is 1770. The first-order valence-electron chi connectivity index (χ1n) is 18.0. The zero-order valence-electron chi connectivity index (χ0n) is 30.4. The standard InChI is InChI=1S/C39H47Cl2N5O7/c1-51-31-22-27(23-32(52-2)34(31)53-3)35(47)46-21-12-38(25-46,28-7-8-29(40)30(41)24-28)11-18-44-19-13-39(14-20-44,33-6-4-5-15-42-33)43-37(50)45-16-9-26(10-17-45)36(48)49/h4-8,15,22-24,26H,9-14,16-21,25H2,1-3H3,(H,43,50)(H,48,49). The summed E-state index contributed by atoms with van der Waals surface area (Å²) < 4.78 is 16.5. The lowest BCUT2D eigenvalue weighted by molar-refractivity contribution is -0.143. The van der Waals surface area contributed by atoms with Crippen molar-refractivity contribution in [2.45, 2.75) is 49.5 Å². The maximum atomic E-state index is 14.0. The highest BCUT2D eigenvalue weighted by atomic mass is 35.5. The average Bonchev–Trinajstić information content (AvgIpc) is 3.63. The van der Waals surface area contributed by atoms with Crippen LogP contribution >= 0.6 is 23.2 Å². The van der Waals surface area contributed by atoms with Gasteiger partial charge in [0, 0.05) is 56.4 Å². The van der Waals surface area contributed by atoms with Crippen LogP contribution < -0.4 is 19.5 Å². The lowest BCUT2D eigenvalue weighted by Crippen LogP contribution is -2.57. The van der Waals surface area contributed by atoms with E-state index in [0.717, 1.165) is 43.7 Å². The number of halogens is 2. The normalized spacial score (nSPS) is 20.5. The van der Waals surface area contributed by atoms with Gasteiger partial charge in [0.2, 0.25) is 5.75 Å². The number of carbonyl (C=O) groups excluding carboxylic acids is 2. The Hall–Kier alpha value is -4.26. The summed E-state index contributed by atoms with van der Waals surface area (Å²) in [6, 6.07) is 14.7. The highest BCUT2D eigenvalue weighted by Gasteiger charge is 2.44. The molecule has 2 N–H and O–H groups in total. The zero-order valence-corrected chi connectivity index (χ0v) is 31.9. The molecule has 1 aromatic heterocycles. The van der Waals surface area contributed by atoms with Crippen LogP contribution in [0.1, 0.15) is 60.1 Å². The van der Waals surface area contributed by atoms with Gasteiger partial charge >= 0.3 is 12.0 Å². The number of hydrogen-bond acceptors (Lipinski definition) is 8. The minimum atomic E-state index is -0.807. The Morgan fingerprint density at radius 2 is 1.57 bits per heavy atom. The van der Waals surface area contributed by atoms with Crippen molar-refractivity contribution < 1.29 is 33.7 Å². The van der Waals surface area contributed by atoms with Crippen molar-refractivity contribution >= 4 is 41.1 Å². The first-order valence-corrected chi connectivity index (χ1v) is 18.8. The van der Waals surface area contributed by atoms with Gasteiger partial charge in [0.05, 0.1) is 48.5 Å². The number of carboxylic acid groups (broad SMARTS) is 1. The van der Waals surface area contributed by atoms with Gasteiger partial charge < -0.3 is 39.3 Å². The molecule has 3 fully saturated rings. The van der Waals surface area contributed by atoms with E-state index in [0.29, 0.717) is 84.7 Å². The molecule has 1 unspecified atom stereocenters. The predicted molar refractivity (Wildman–Crippen MR) is 201 cm³/mol. The molecule has 0 spiro atoms. The number of piperidine rings is 2. The van der Waals surface area contributed by atoms with Crippen LogP contribution in [0.25, 0.3) is 0 Å². The topological polar surface area (TPSA) is 134 Å². The van der Waals surface area contributed by atoms with Crippen LogP contribution in [0, 0.1) is 5.92 Å². The summed E-state index contributed by atoms with van der Waals surface area (Å²) in [4.78, 5) is 49.8. The summed E-state index contributed by atoms with van der Waals surface area (Å²) in [7, 11) is 4.58. The van der Waals surface area contributed by atoms with Gasteiger partial charge in [-0.2, -0.15) is 0 Å². The number of aromatic nitrogens is 1. The number of pyridine rings is 1. The number of carbonyl (C=O) groups is 3. The van der Waals surface area contributed by atoms with Gasteiger partial charge in [0.15, 0.2) is 11.5 Å². The van der Waals surface area contributed by atoms with Crippen LogP contribution in [0.4, 0.5) is 4.79 Å². The summed E-state index contributed by atoms with van der Waals surface area (Å²) >= 11 is 12.9. The number of hydrogen-bond donors (Lipinski definition) is 2. The number of rotatable bonds is 11. The highest BCUT2D eigenvalue weighted by Crippen LogP contribution is 2.43. The predicted octanol–water partition coefficient (Wildman–Crippen LogP) is 6.09. The molecule has 53 heavy (non-hydrogen) atoms. The number of methoxy groups -OCH3 is 3. The Morgan fingerprint density at radius 1 is 0.868 bits per heavy atom. The van der Waals surface area contributed by atoms with Crippen LogP contribution in [0.5, 0.6) is 17.2 Å². The fourth-order valence-corrected chi connectivity index (χ4v) is 8.38. The number of carboxylic acids is 1. The molecule has 12 nitrogen and oxygen atoms in total. The van der Waals surface area contributed by atoms with Gasteiger partial charge in [-0.05, 0) is 87.0 Å². The maximum Gasteiger partial charge on any atom is 0.318 e. The third-order valence-electron chi connectivity index (χ3n) is 11.3. The summed E-state index contributed by atoms with van der Waals surface area (Å²) in [6.45, 7) is 4.07. The molecule has 3 aromatic rings. The fraction of sp³-hybridized carbons (Fsp3) is 0.487. The lowest BCUT2D eigenvalue weighted by Gasteiger charge is -2.44. The van der Waals surface area contributed by atoms with Gasteiger partial charge in [-0.25, -0.2) is 4.79 Å². The number of benzene rings is 2. The molecule has 4 heterocycles. The number of nitrogens with zero attached hydrogens (tertiary/aromatic N) is 4. The van der Waals surface area contributed by atoms with E-state index in [-0.39, 0.29) is 17.4 Å². The Labute approximate surface area is 320 Å². The van der Waals surface area contributed by atoms with Crippen LogP contribution in [0.15, 0.2) is 54.7 Å². The second kappa shape index (κ2) is 16.4. The van der Waals surface area contributed by atoms with E-state index in [1.807, 2.05) is 41.3 Å². The van der Waals surface area contributed by atoms with Crippen molar-refractivity contribution in [3.63, 3.8) is 0 Å². The molecular formula is C39H47Cl2N5O7. The largest absolute Gasteiger partial charge is 0.493 e. The van der Waals surface area contributed by atoms with Crippen molar-refractivity contribution in [3.8, 4) is 17.2 Å². The van der Waals surface area contributed by atoms with E-state index >= 15 is 0 Å². The van der Waals surface area contributed by atoms with Gasteiger partial charge in [0.25, 0.3) is 5.91 Å². The van der Waals surface area contributed by atoms with Crippen LogP contribution in [-0.4, -0.2) is 110 Å². The molecule has 0 bridgehead atoms. The summed E-state index contributed by atoms with van der Waals surface area (Å²) in [5.41, 5.74) is 1.26. The minimum Gasteiger partial charge on any atom is -0.493 e. The van der Waals surface area contributed by atoms with Crippen LogP contribution in [0.3, 0.4) is 0 Å². The molecule has 2 aromatic carbocycles. The van der Waals surface area contributed by atoms with Crippen molar-refractivity contribution in [1.29, 1.82) is 0 Å². The van der Waals surface area contributed by atoms with E-state index < -0.39 is 17.4 Å². The molecule has 0 saturated carbocycles. The van der Waals surface area contributed by atoms with E-state index in [1.54, 1.807) is 23.2 Å². The molecule has 3 saturated heterocycles. The van der Waals surface area contributed by atoms with Gasteiger partial charge in [-0.15, -0.1) is 0 Å². The second-order valence-corrected chi connectivity index (χ2v) is 15.0. The SMILES string of the molecule is COc1cc(C(=O)N2CCC(CCN3CCC(NC(=O)N4CCC(C(=O)O)CC4)(c4ccccn4)CC3)(c3ccc(Cl)c(Cl)c3)C2)cc(OC)c1OC. The smallest absolute Gasteiger partial charge is 0.318 e. The second-order valence-electron chi connectivity index (χ2n) is 14.2. The molecule has 14 heteroatoms. The third-order valence-corrected chi connectivity index (χ3v) is 12.1. The van der Waals surface area contributed by atoms with E-state index in [2.05, 4.69) is 15.2 Å². The van der Waals surface area contributed by atoms with Gasteiger partial charge in [0.1, 0.15) is 0 Å².